The minimum atomic E-state index is -3.80. The van der Waals surface area contributed by atoms with Crippen molar-refractivity contribution in [1.29, 1.82) is 0 Å². The lowest BCUT2D eigenvalue weighted by molar-refractivity contribution is -0.148. The first kappa shape index (κ1) is 20.1. The summed E-state index contributed by atoms with van der Waals surface area (Å²) in [6.07, 6.45) is 0. The standard InChI is InChI=1S/C20H25NO4S/c1-14(2)19(21-26(23,24)18-8-6-5-7-9-18)20(22)25-13-17-12-15(3)10-11-16(17)4/h5-12,14,19,21H,13H2,1-4H3/t19-/m0/s1. The van der Waals surface area contributed by atoms with Crippen LogP contribution in [0.3, 0.4) is 0 Å². The maximum absolute atomic E-state index is 12.5. The van der Waals surface area contributed by atoms with Crippen molar-refractivity contribution in [2.45, 2.75) is 45.2 Å². The molecule has 0 unspecified atom stereocenters. The van der Waals surface area contributed by atoms with E-state index in [4.69, 9.17) is 4.74 Å². The second kappa shape index (κ2) is 8.47. The van der Waals surface area contributed by atoms with Crippen LogP contribution < -0.4 is 4.72 Å². The van der Waals surface area contributed by atoms with Crippen LogP contribution in [0.2, 0.25) is 0 Å². The van der Waals surface area contributed by atoms with Crippen LogP contribution in [0, 0.1) is 19.8 Å². The average molecular weight is 375 g/mol. The first-order valence-corrected chi connectivity index (χ1v) is 9.99. The lowest BCUT2D eigenvalue weighted by Gasteiger charge is -2.21. The Morgan fingerprint density at radius 1 is 1.08 bits per heavy atom. The molecule has 0 saturated carbocycles. The summed E-state index contributed by atoms with van der Waals surface area (Å²) in [5.41, 5.74) is 3.01. The fraction of sp³-hybridized carbons (Fsp3) is 0.350. The first-order chi connectivity index (χ1) is 12.2. The van der Waals surface area contributed by atoms with E-state index in [0.717, 1.165) is 16.7 Å². The third-order valence-corrected chi connectivity index (χ3v) is 5.59. The van der Waals surface area contributed by atoms with Crippen LogP contribution in [-0.2, 0) is 26.2 Å². The molecule has 1 atom stereocenters. The molecule has 0 bridgehead atoms. The van der Waals surface area contributed by atoms with Gasteiger partial charge in [-0.05, 0) is 43.0 Å². The number of carbonyl (C=O) groups excluding carboxylic acids is 1. The van der Waals surface area contributed by atoms with Crippen molar-refractivity contribution in [2.24, 2.45) is 5.92 Å². The van der Waals surface area contributed by atoms with E-state index in [-0.39, 0.29) is 17.4 Å². The van der Waals surface area contributed by atoms with Crippen LogP contribution in [0.5, 0.6) is 0 Å². The number of hydrogen-bond acceptors (Lipinski definition) is 4. The predicted molar refractivity (Wildman–Crippen MR) is 101 cm³/mol. The van der Waals surface area contributed by atoms with E-state index < -0.39 is 22.0 Å². The van der Waals surface area contributed by atoms with Gasteiger partial charge in [0.2, 0.25) is 10.0 Å². The zero-order valence-corrected chi connectivity index (χ0v) is 16.3. The molecule has 2 aromatic carbocycles. The second-order valence-corrected chi connectivity index (χ2v) is 8.41. The highest BCUT2D eigenvalue weighted by Gasteiger charge is 2.29. The number of carbonyl (C=O) groups is 1. The summed E-state index contributed by atoms with van der Waals surface area (Å²) in [7, 11) is -3.80. The fourth-order valence-corrected chi connectivity index (χ4v) is 3.84. The largest absolute Gasteiger partial charge is 0.460 e. The van der Waals surface area contributed by atoms with Gasteiger partial charge in [0.25, 0.3) is 0 Å². The minimum absolute atomic E-state index is 0.114. The predicted octanol–water partition coefficient (Wildman–Crippen LogP) is 3.35. The number of hydrogen-bond donors (Lipinski definition) is 1. The first-order valence-electron chi connectivity index (χ1n) is 8.51. The van der Waals surface area contributed by atoms with Crippen LogP contribution in [0.25, 0.3) is 0 Å². The van der Waals surface area contributed by atoms with Crippen LogP contribution >= 0.6 is 0 Å². The monoisotopic (exact) mass is 375 g/mol. The van der Waals surface area contributed by atoms with E-state index >= 15 is 0 Å². The number of ether oxygens (including phenoxy) is 1. The van der Waals surface area contributed by atoms with Crippen molar-refractivity contribution in [3.63, 3.8) is 0 Å². The van der Waals surface area contributed by atoms with E-state index in [9.17, 15) is 13.2 Å². The summed E-state index contributed by atoms with van der Waals surface area (Å²) in [6, 6.07) is 12.9. The molecule has 140 valence electrons. The maximum atomic E-state index is 12.5. The molecule has 2 rings (SSSR count). The summed E-state index contributed by atoms with van der Waals surface area (Å²) in [5.74, 6) is -0.833. The van der Waals surface area contributed by atoms with Gasteiger partial charge in [-0.1, -0.05) is 55.8 Å². The molecule has 0 radical (unpaired) electrons. The quantitative estimate of drug-likeness (QED) is 0.753. The van der Waals surface area contributed by atoms with Gasteiger partial charge in [0, 0.05) is 0 Å². The smallest absolute Gasteiger partial charge is 0.324 e. The maximum Gasteiger partial charge on any atom is 0.324 e. The number of benzene rings is 2. The Bertz CT molecular complexity index is 861. The highest BCUT2D eigenvalue weighted by atomic mass is 32.2. The molecular formula is C20H25NO4S. The topological polar surface area (TPSA) is 72.5 Å². The highest BCUT2D eigenvalue weighted by Crippen LogP contribution is 2.15. The van der Waals surface area contributed by atoms with E-state index in [1.165, 1.54) is 12.1 Å². The SMILES string of the molecule is Cc1ccc(C)c(COC(=O)[C@@H](NS(=O)(=O)c2ccccc2)C(C)C)c1. The fourth-order valence-electron chi connectivity index (χ4n) is 2.49. The molecule has 0 aliphatic heterocycles. The Balaban J connectivity index is 2.11. The number of sulfonamides is 1. The summed E-state index contributed by atoms with van der Waals surface area (Å²) < 4.78 is 32.9. The molecule has 0 heterocycles. The number of nitrogens with one attached hydrogen (secondary N) is 1. The highest BCUT2D eigenvalue weighted by molar-refractivity contribution is 7.89. The molecular weight excluding hydrogens is 350 g/mol. The van der Waals surface area contributed by atoms with Gasteiger partial charge in [0.05, 0.1) is 4.90 Å². The third-order valence-electron chi connectivity index (χ3n) is 4.13. The van der Waals surface area contributed by atoms with Crippen molar-refractivity contribution in [2.75, 3.05) is 0 Å². The Labute approximate surface area is 155 Å². The Hall–Kier alpha value is -2.18. The molecule has 6 heteroatoms. The van der Waals surface area contributed by atoms with Gasteiger partial charge in [-0.25, -0.2) is 8.42 Å². The van der Waals surface area contributed by atoms with E-state index in [1.807, 2.05) is 32.0 Å². The zero-order valence-electron chi connectivity index (χ0n) is 15.5. The van der Waals surface area contributed by atoms with Gasteiger partial charge in [-0.2, -0.15) is 4.72 Å². The summed E-state index contributed by atoms with van der Waals surface area (Å²) in [6.45, 7) is 7.58. The van der Waals surface area contributed by atoms with Gasteiger partial charge >= 0.3 is 5.97 Å². The molecule has 1 N–H and O–H groups in total. The van der Waals surface area contributed by atoms with Gasteiger partial charge in [0.1, 0.15) is 12.6 Å². The van der Waals surface area contributed by atoms with Crippen LogP contribution in [0.15, 0.2) is 53.4 Å². The van der Waals surface area contributed by atoms with Crippen LogP contribution in [0.4, 0.5) is 0 Å². The molecule has 0 spiro atoms. The molecule has 0 amide bonds. The molecule has 26 heavy (non-hydrogen) atoms. The van der Waals surface area contributed by atoms with Crippen molar-refractivity contribution >= 4 is 16.0 Å². The van der Waals surface area contributed by atoms with E-state index in [2.05, 4.69) is 4.72 Å². The van der Waals surface area contributed by atoms with E-state index in [1.54, 1.807) is 32.0 Å². The van der Waals surface area contributed by atoms with Crippen molar-refractivity contribution in [1.82, 2.24) is 4.72 Å². The van der Waals surface area contributed by atoms with E-state index in [0.29, 0.717) is 0 Å². The average Bonchev–Trinajstić information content (AvgIpc) is 2.60. The number of esters is 1. The summed E-state index contributed by atoms with van der Waals surface area (Å²) in [4.78, 5) is 12.6. The third kappa shape index (κ3) is 5.16. The lowest BCUT2D eigenvalue weighted by Crippen LogP contribution is -2.45. The normalized spacial score (nSPS) is 12.8. The summed E-state index contributed by atoms with van der Waals surface area (Å²) in [5, 5.41) is 0. The minimum Gasteiger partial charge on any atom is -0.460 e. The molecule has 0 aromatic heterocycles. The lowest BCUT2D eigenvalue weighted by atomic mass is 10.1. The Morgan fingerprint density at radius 2 is 1.73 bits per heavy atom. The summed E-state index contributed by atoms with van der Waals surface area (Å²) >= 11 is 0. The molecule has 2 aromatic rings. The van der Waals surface area contributed by atoms with Gasteiger partial charge in [0.15, 0.2) is 0 Å². The van der Waals surface area contributed by atoms with Crippen LogP contribution in [0.1, 0.15) is 30.5 Å². The molecule has 0 fully saturated rings. The van der Waals surface area contributed by atoms with Crippen molar-refractivity contribution in [3.05, 3.63) is 65.2 Å². The van der Waals surface area contributed by atoms with Crippen LogP contribution in [-0.4, -0.2) is 20.4 Å². The van der Waals surface area contributed by atoms with Gasteiger partial charge in [-0.3, -0.25) is 4.79 Å². The van der Waals surface area contributed by atoms with Gasteiger partial charge < -0.3 is 4.74 Å². The Morgan fingerprint density at radius 3 is 2.35 bits per heavy atom. The Kier molecular flexibility index (Phi) is 6.56. The van der Waals surface area contributed by atoms with Crippen molar-refractivity contribution in [3.8, 4) is 0 Å². The number of aryl methyl sites for hydroxylation is 2. The molecule has 0 aliphatic carbocycles. The zero-order chi connectivity index (χ0) is 19.3. The molecule has 0 aliphatic rings. The van der Waals surface area contributed by atoms with Crippen molar-refractivity contribution < 1.29 is 17.9 Å². The van der Waals surface area contributed by atoms with Gasteiger partial charge in [-0.15, -0.1) is 0 Å². The molecule has 5 nitrogen and oxygen atoms in total. The second-order valence-electron chi connectivity index (χ2n) is 6.69. The number of rotatable bonds is 7. The molecule has 0 saturated heterocycles.